The molecule has 7 heteroatoms. The van der Waals surface area contributed by atoms with E-state index in [-0.39, 0.29) is 47.8 Å². The summed E-state index contributed by atoms with van der Waals surface area (Å²) in [5, 5.41) is 2.95. The molecule has 7 nitrogen and oxygen atoms in total. The van der Waals surface area contributed by atoms with Gasteiger partial charge in [0, 0.05) is 12.1 Å². The molecule has 1 aliphatic heterocycles. The van der Waals surface area contributed by atoms with E-state index in [2.05, 4.69) is 17.5 Å². The Morgan fingerprint density at radius 1 is 0.850 bits per heavy atom. The third kappa shape index (κ3) is 4.08. The first-order valence-electron chi connectivity index (χ1n) is 13.8. The number of nitrogens with one attached hydrogen (secondary N) is 1. The van der Waals surface area contributed by atoms with Crippen LogP contribution in [0.1, 0.15) is 12.0 Å². The molecular formula is C33H30N2O5. The Balaban J connectivity index is 1.13. The average molecular weight is 535 g/mol. The number of rotatable bonds is 8. The fourth-order valence-corrected chi connectivity index (χ4v) is 7.09. The average Bonchev–Trinajstić information content (AvgIpc) is 3.77. The highest BCUT2D eigenvalue weighted by Gasteiger charge is 2.67. The lowest BCUT2D eigenvalue weighted by atomic mass is 9.63. The van der Waals surface area contributed by atoms with Crippen molar-refractivity contribution in [1.82, 2.24) is 4.90 Å². The number of ether oxygens (including phenoxy) is 2. The molecule has 1 saturated heterocycles. The van der Waals surface area contributed by atoms with Gasteiger partial charge in [-0.15, -0.1) is 0 Å². The van der Waals surface area contributed by atoms with Gasteiger partial charge in [0.15, 0.2) is 11.5 Å². The summed E-state index contributed by atoms with van der Waals surface area (Å²) >= 11 is 0. The molecule has 0 radical (unpaired) electrons. The second kappa shape index (κ2) is 9.66. The van der Waals surface area contributed by atoms with Crippen LogP contribution in [0.25, 0.3) is 0 Å². The Morgan fingerprint density at radius 2 is 1.45 bits per heavy atom. The number of likely N-dealkylation sites (tertiary alicyclic amines) is 1. The fourth-order valence-electron chi connectivity index (χ4n) is 7.09. The third-order valence-corrected chi connectivity index (χ3v) is 9.00. The van der Waals surface area contributed by atoms with E-state index in [0.29, 0.717) is 34.8 Å². The Kier molecular flexibility index (Phi) is 5.95. The van der Waals surface area contributed by atoms with Crippen LogP contribution >= 0.6 is 0 Å². The molecule has 3 aromatic carbocycles. The Labute approximate surface area is 232 Å². The number of carbonyl (C=O) groups excluding carboxylic acids is 3. The second-order valence-corrected chi connectivity index (χ2v) is 11.2. The van der Waals surface area contributed by atoms with Crippen LogP contribution in [0.15, 0.2) is 91.0 Å². The third-order valence-electron chi connectivity index (χ3n) is 9.00. The molecule has 3 amide bonds. The summed E-state index contributed by atoms with van der Waals surface area (Å²) in [5.74, 6) is 1.54. The highest BCUT2D eigenvalue weighted by Crippen LogP contribution is 2.65. The number of para-hydroxylation sites is 2. The van der Waals surface area contributed by atoms with E-state index in [1.54, 1.807) is 31.4 Å². The first kappa shape index (κ1) is 24.6. The maximum absolute atomic E-state index is 13.8. The fraction of sp³-hybridized carbons (Fsp3) is 0.303. The molecule has 0 spiro atoms. The van der Waals surface area contributed by atoms with Crippen LogP contribution in [0.4, 0.5) is 5.69 Å². The number of hydrogen-bond acceptors (Lipinski definition) is 5. The lowest BCUT2D eigenvalue weighted by Gasteiger charge is -2.37. The minimum Gasteiger partial charge on any atom is -0.493 e. The van der Waals surface area contributed by atoms with Crippen molar-refractivity contribution in [3.05, 3.63) is 96.6 Å². The van der Waals surface area contributed by atoms with Gasteiger partial charge in [0.25, 0.3) is 0 Å². The van der Waals surface area contributed by atoms with E-state index < -0.39 is 6.04 Å². The van der Waals surface area contributed by atoms with Crippen LogP contribution in [0.3, 0.4) is 0 Å². The van der Waals surface area contributed by atoms with Gasteiger partial charge in [0.1, 0.15) is 11.8 Å². The van der Waals surface area contributed by atoms with Gasteiger partial charge in [-0.3, -0.25) is 19.3 Å². The molecule has 2 bridgehead atoms. The molecule has 0 aromatic heterocycles. The van der Waals surface area contributed by atoms with Crippen molar-refractivity contribution in [2.24, 2.45) is 35.5 Å². The number of nitrogens with zero attached hydrogens (tertiary/aromatic N) is 1. The zero-order valence-electron chi connectivity index (χ0n) is 22.1. The summed E-state index contributed by atoms with van der Waals surface area (Å²) in [4.78, 5) is 42.7. The number of carbonyl (C=O) groups is 3. The lowest BCUT2D eigenvalue weighted by molar-refractivity contribution is -0.146. The van der Waals surface area contributed by atoms with E-state index in [9.17, 15) is 14.4 Å². The number of imide groups is 1. The highest BCUT2D eigenvalue weighted by atomic mass is 16.5. The molecule has 0 unspecified atom stereocenters. The van der Waals surface area contributed by atoms with Crippen molar-refractivity contribution < 1.29 is 23.9 Å². The van der Waals surface area contributed by atoms with E-state index in [1.807, 2.05) is 54.6 Å². The zero-order chi connectivity index (χ0) is 27.4. The standard InChI is InChI=1S/C33H30N2O5/c1-39-27-9-5-6-10-28(27)40-21-13-11-20(12-14-21)34-31(36)26(17-19-7-3-2-4-8-19)35-32(37)29-22-15-16-23(25-18-24(22)25)30(29)33(35)38/h2-16,22-26,29-30H,17-18H2,1H3,(H,34,36)/t22-,23-,24-,25+,26-,29+,30+/m0/s1. The molecule has 1 heterocycles. The van der Waals surface area contributed by atoms with Gasteiger partial charge < -0.3 is 14.8 Å². The molecule has 2 saturated carbocycles. The summed E-state index contributed by atoms with van der Waals surface area (Å²) < 4.78 is 11.3. The highest BCUT2D eigenvalue weighted by molar-refractivity contribution is 6.10. The van der Waals surface area contributed by atoms with Gasteiger partial charge in [-0.1, -0.05) is 54.6 Å². The first-order chi connectivity index (χ1) is 19.5. The largest absolute Gasteiger partial charge is 0.493 e. The molecular weight excluding hydrogens is 504 g/mol. The summed E-state index contributed by atoms with van der Waals surface area (Å²) in [6.07, 6.45) is 5.65. The number of hydrogen-bond donors (Lipinski definition) is 1. The Morgan fingerprint density at radius 3 is 2.08 bits per heavy atom. The van der Waals surface area contributed by atoms with Crippen molar-refractivity contribution in [3.8, 4) is 17.2 Å². The second-order valence-electron chi connectivity index (χ2n) is 11.2. The number of methoxy groups -OCH3 is 1. The minimum atomic E-state index is -0.937. The van der Waals surface area contributed by atoms with Crippen molar-refractivity contribution in [3.63, 3.8) is 0 Å². The molecule has 7 atom stereocenters. The first-order valence-corrected chi connectivity index (χ1v) is 13.8. The normalized spacial score (nSPS) is 28.1. The van der Waals surface area contributed by atoms with E-state index >= 15 is 0 Å². The van der Waals surface area contributed by atoms with Crippen molar-refractivity contribution in [1.29, 1.82) is 0 Å². The van der Waals surface area contributed by atoms with Gasteiger partial charge >= 0.3 is 0 Å². The Bertz CT molecular complexity index is 1460. The van der Waals surface area contributed by atoms with E-state index in [4.69, 9.17) is 9.47 Å². The van der Waals surface area contributed by atoms with Gasteiger partial charge in [-0.25, -0.2) is 0 Å². The van der Waals surface area contributed by atoms with Crippen LogP contribution in [-0.4, -0.2) is 35.8 Å². The summed E-state index contributed by atoms with van der Waals surface area (Å²) in [6, 6.07) is 23.0. The van der Waals surface area contributed by atoms with Gasteiger partial charge in [-0.2, -0.15) is 0 Å². The number of allylic oxidation sites excluding steroid dienone is 2. The van der Waals surface area contributed by atoms with Gasteiger partial charge in [-0.05, 0) is 72.1 Å². The molecule has 1 N–H and O–H groups in total. The Hall–Kier alpha value is -4.39. The summed E-state index contributed by atoms with van der Waals surface area (Å²) in [7, 11) is 1.58. The number of amides is 3. The number of anilines is 1. The van der Waals surface area contributed by atoms with Crippen LogP contribution in [0.2, 0.25) is 0 Å². The minimum absolute atomic E-state index is 0.109. The van der Waals surface area contributed by atoms with Crippen LogP contribution < -0.4 is 14.8 Å². The van der Waals surface area contributed by atoms with Crippen molar-refractivity contribution >= 4 is 23.4 Å². The molecule has 3 fully saturated rings. The molecule has 202 valence electrons. The molecule has 3 aromatic rings. The smallest absolute Gasteiger partial charge is 0.248 e. The maximum atomic E-state index is 13.8. The molecule has 4 aliphatic carbocycles. The summed E-state index contributed by atoms with van der Waals surface area (Å²) in [5.41, 5.74) is 1.44. The zero-order valence-corrected chi connectivity index (χ0v) is 22.1. The predicted octanol–water partition coefficient (Wildman–Crippen LogP) is 5.09. The monoisotopic (exact) mass is 534 g/mol. The number of benzene rings is 3. The molecule has 8 rings (SSSR count). The lowest BCUT2D eigenvalue weighted by Crippen LogP contribution is -2.49. The van der Waals surface area contributed by atoms with Crippen LogP contribution in [0, 0.1) is 35.5 Å². The van der Waals surface area contributed by atoms with Crippen molar-refractivity contribution in [2.75, 3.05) is 12.4 Å². The summed E-state index contributed by atoms with van der Waals surface area (Å²) in [6.45, 7) is 0. The van der Waals surface area contributed by atoms with E-state index in [1.165, 1.54) is 4.90 Å². The topological polar surface area (TPSA) is 84.9 Å². The van der Waals surface area contributed by atoms with Gasteiger partial charge in [0.05, 0.1) is 18.9 Å². The molecule has 5 aliphatic rings. The van der Waals surface area contributed by atoms with Crippen LogP contribution in [-0.2, 0) is 20.8 Å². The van der Waals surface area contributed by atoms with Crippen molar-refractivity contribution in [2.45, 2.75) is 18.9 Å². The maximum Gasteiger partial charge on any atom is 0.248 e. The quantitative estimate of drug-likeness (QED) is 0.322. The molecule has 40 heavy (non-hydrogen) atoms. The van der Waals surface area contributed by atoms with Crippen LogP contribution in [0.5, 0.6) is 17.2 Å². The predicted molar refractivity (Wildman–Crippen MR) is 149 cm³/mol. The van der Waals surface area contributed by atoms with E-state index in [0.717, 1.165) is 12.0 Å². The van der Waals surface area contributed by atoms with Gasteiger partial charge in [0.2, 0.25) is 17.7 Å². The SMILES string of the molecule is COc1ccccc1Oc1ccc(NC(=O)[C@H](Cc2ccccc2)N2C(=O)[C@@H]3[C@H]4C=C[C@@H]([C@@H]5C[C@H]45)[C@H]3C2=O)cc1.